The summed E-state index contributed by atoms with van der Waals surface area (Å²) in [4.78, 5) is 0. The topological polar surface area (TPSA) is 21.3 Å². The molecule has 2 aromatic rings. The molecule has 0 aliphatic heterocycles. The lowest BCUT2D eigenvalue weighted by molar-refractivity contribution is 0.272. The fourth-order valence-electron chi connectivity index (χ4n) is 2.22. The first-order valence-electron chi connectivity index (χ1n) is 7.67. The van der Waals surface area contributed by atoms with Crippen LogP contribution in [-0.4, -0.2) is 13.2 Å². The molecule has 0 radical (unpaired) electrons. The Morgan fingerprint density at radius 2 is 1.71 bits per heavy atom. The van der Waals surface area contributed by atoms with Crippen molar-refractivity contribution in [1.29, 1.82) is 0 Å². The van der Waals surface area contributed by atoms with Gasteiger partial charge in [-0.1, -0.05) is 50.2 Å². The summed E-state index contributed by atoms with van der Waals surface area (Å²) in [5.41, 5.74) is 3.82. The van der Waals surface area contributed by atoms with E-state index in [1.165, 1.54) is 11.1 Å². The fourth-order valence-corrected chi connectivity index (χ4v) is 2.22. The van der Waals surface area contributed by atoms with E-state index in [-0.39, 0.29) is 0 Å². The van der Waals surface area contributed by atoms with Crippen molar-refractivity contribution >= 4 is 5.69 Å². The number of hydrogen-bond acceptors (Lipinski definition) is 2. The number of ether oxygens (including phenoxy) is 1. The third kappa shape index (κ3) is 4.82. The van der Waals surface area contributed by atoms with Gasteiger partial charge in [0.15, 0.2) is 0 Å². The highest BCUT2D eigenvalue weighted by Gasteiger charge is 2.04. The Hall–Kier alpha value is -1.96. The molecule has 0 bridgehead atoms. The lowest BCUT2D eigenvalue weighted by Crippen LogP contribution is -2.09. The number of nitrogens with one attached hydrogen (secondary N) is 1. The van der Waals surface area contributed by atoms with E-state index in [4.69, 9.17) is 4.74 Å². The zero-order chi connectivity index (χ0) is 15.1. The summed E-state index contributed by atoms with van der Waals surface area (Å²) in [6.07, 6.45) is 1.02. The first kappa shape index (κ1) is 15.4. The fraction of sp³-hybridized carbons (Fsp3) is 0.368. The standard InChI is InChI=1S/C19H25NO/c1-15(2)14-21-19-11-7-6-10-18(19)20-13-12-17-9-5-4-8-16(17)3/h4-11,15,20H,12-14H2,1-3H3. The smallest absolute Gasteiger partial charge is 0.142 e. The molecule has 1 N–H and O–H groups in total. The molecule has 0 fully saturated rings. The predicted octanol–water partition coefficient (Wildman–Crippen LogP) is 4.68. The first-order valence-corrected chi connectivity index (χ1v) is 7.67. The maximum Gasteiger partial charge on any atom is 0.142 e. The molecular formula is C19H25NO. The molecule has 0 saturated heterocycles. The number of hydrogen-bond donors (Lipinski definition) is 1. The molecular weight excluding hydrogens is 258 g/mol. The van der Waals surface area contributed by atoms with Crippen molar-refractivity contribution in [3.05, 3.63) is 59.7 Å². The summed E-state index contributed by atoms with van der Waals surface area (Å²) >= 11 is 0. The van der Waals surface area contributed by atoms with Gasteiger partial charge in [-0.3, -0.25) is 0 Å². The van der Waals surface area contributed by atoms with Gasteiger partial charge in [0, 0.05) is 6.54 Å². The monoisotopic (exact) mass is 283 g/mol. The van der Waals surface area contributed by atoms with Crippen LogP contribution in [0.3, 0.4) is 0 Å². The molecule has 0 aliphatic carbocycles. The Morgan fingerprint density at radius 1 is 1.00 bits per heavy atom. The molecule has 2 heteroatoms. The van der Waals surface area contributed by atoms with E-state index in [2.05, 4.69) is 56.4 Å². The molecule has 0 saturated carbocycles. The summed E-state index contributed by atoms with van der Waals surface area (Å²) in [6.45, 7) is 8.14. The van der Waals surface area contributed by atoms with E-state index >= 15 is 0 Å². The molecule has 0 aliphatic rings. The Balaban J connectivity index is 1.92. The van der Waals surface area contributed by atoms with Gasteiger partial charge in [-0.25, -0.2) is 0 Å². The van der Waals surface area contributed by atoms with Gasteiger partial charge in [-0.15, -0.1) is 0 Å². The largest absolute Gasteiger partial charge is 0.491 e. The van der Waals surface area contributed by atoms with Crippen molar-refractivity contribution in [2.45, 2.75) is 27.2 Å². The Morgan fingerprint density at radius 3 is 2.48 bits per heavy atom. The van der Waals surface area contributed by atoms with E-state index < -0.39 is 0 Å². The van der Waals surface area contributed by atoms with Gasteiger partial charge in [0.2, 0.25) is 0 Å². The molecule has 2 aromatic carbocycles. The summed E-state index contributed by atoms with van der Waals surface area (Å²) in [5, 5.41) is 3.49. The highest BCUT2D eigenvalue weighted by Crippen LogP contribution is 2.24. The second-order valence-electron chi connectivity index (χ2n) is 5.80. The van der Waals surface area contributed by atoms with Crippen molar-refractivity contribution in [3.63, 3.8) is 0 Å². The van der Waals surface area contributed by atoms with Gasteiger partial charge in [-0.05, 0) is 42.5 Å². The van der Waals surface area contributed by atoms with Crippen LogP contribution in [0.25, 0.3) is 0 Å². The average molecular weight is 283 g/mol. The molecule has 2 nitrogen and oxygen atoms in total. The van der Waals surface area contributed by atoms with Crippen LogP contribution in [0.4, 0.5) is 5.69 Å². The molecule has 2 rings (SSSR count). The third-order valence-corrected chi connectivity index (χ3v) is 3.43. The number of rotatable bonds is 7. The maximum absolute atomic E-state index is 5.86. The lowest BCUT2D eigenvalue weighted by atomic mass is 10.1. The molecule has 0 spiro atoms. The minimum atomic E-state index is 0.532. The normalized spacial score (nSPS) is 10.7. The summed E-state index contributed by atoms with van der Waals surface area (Å²) < 4.78 is 5.86. The van der Waals surface area contributed by atoms with Gasteiger partial charge in [-0.2, -0.15) is 0 Å². The van der Waals surface area contributed by atoms with Crippen LogP contribution in [-0.2, 0) is 6.42 Å². The van der Waals surface area contributed by atoms with Gasteiger partial charge < -0.3 is 10.1 Å². The van der Waals surface area contributed by atoms with Gasteiger partial charge >= 0.3 is 0 Å². The Kier molecular flexibility index (Phi) is 5.68. The van der Waals surface area contributed by atoms with Gasteiger partial charge in [0.25, 0.3) is 0 Å². The zero-order valence-electron chi connectivity index (χ0n) is 13.2. The van der Waals surface area contributed by atoms with E-state index in [9.17, 15) is 0 Å². The summed E-state index contributed by atoms with van der Waals surface area (Å²) in [6, 6.07) is 16.7. The van der Waals surface area contributed by atoms with E-state index in [0.717, 1.165) is 31.0 Å². The van der Waals surface area contributed by atoms with Crippen LogP contribution in [0.15, 0.2) is 48.5 Å². The van der Waals surface area contributed by atoms with Gasteiger partial charge in [0.05, 0.1) is 12.3 Å². The van der Waals surface area contributed by atoms with Crippen molar-refractivity contribution in [3.8, 4) is 5.75 Å². The molecule has 21 heavy (non-hydrogen) atoms. The zero-order valence-corrected chi connectivity index (χ0v) is 13.2. The number of aryl methyl sites for hydroxylation is 1. The molecule has 0 heterocycles. The summed E-state index contributed by atoms with van der Waals surface area (Å²) in [5.74, 6) is 1.47. The van der Waals surface area contributed by atoms with Crippen LogP contribution < -0.4 is 10.1 Å². The molecule has 0 aromatic heterocycles. The lowest BCUT2D eigenvalue weighted by Gasteiger charge is -2.15. The molecule has 112 valence electrons. The minimum absolute atomic E-state index is 0.532. The molecule has 0 atom stereocenters. The van der Waals surface area contributed by atoms with E-state index in [1.807, 2.05) is 18.2 Å². The SMILES string of the molecule is Cc1ccccc1CCNc1ccccc1OCC(C)C. The molecule has 0 unspecified atom stereocenters. The average Bonchev–Trinajstić information content (AvgIpc) is 2.48. The molecule has 0 amide bonds. The van der Waals surface area contributed by atoms with Crippen LogP contribution in [0.1, 0.15) is 25.0 Å². The van der Waals surface area contributed by atoms with Crippen LogP contribution in [0.5, 0.6) is 5.75 Å². The van der Waals surface area contributed by atoms with Crippen LogP contribution in [0.2, 0.25) is 0 Å². The van der Waals surface area contributed by atoms with Gasteiger partial charge in [0.1, 0.15) is 5.75 Å². The van der Waals surface area contributed by atoms with E-state index in [1.54, 1.807) is 0 Å². The predicted molar refractivity (Wildman–Crippen MR) is 90.1 cm³/mol. The number of para-hydroxylation sites is 2. The highest BCUT2D eigenvalue weighted by molar-refractivity contribution is 5.56. The maximum atomic E-state index is 5.86. The van der Waals surface area contributed by atoms with E-state index in [0.29, 0.717) is 5.92 Å². The minimum Gasteiger partial charge on any atom is -0.491 e. The van der Waals surface area contributed by atoms with Crippen molar-refractivity contribution in [2.75, 3.05) is 18.5 Å². The third-order valence-electron chi connectivity index (χ3n) is 3.43. The Bertz CT molecular complexity index is 563. The Labute approximate surface area is 128 Å². The number of anilines is 1. The van der Waals surface area contributed by atoms with Crippen LogP contribution >= 0.6 is 0 Å². The second-order valence-corrected chi connectivity index (χ2v) is 5.80. The number of benzene rings is 2. The van der Waals surface area contributed by atoms with Crippen molar-refractivity contribution < 1.29 is 4.74 Å². The first-order chi connectivity index (χ1) is 10.2. The van der Waals surface area contributed by atoms with Crippen LogP contribution in [0, 0.1) is 12.8 Å². The quantitative estimate of drug-likeness (QED) is 0.796. The summed E-state index contributed by atoms with van der Waals surface area (Å²) in [7, 11) is 0. The highest BCUT2D eigenvalue weighted by atomic mass is 16.5. The van der Waals surface area contributed by atoms with Crippen molar-refractivity contribution in [1.82, 2.24) is 0 Å². The second kappa shape index (κ2) is 7.72. The van der Waals surface area contributed by atoms with Crippen molar-refractivity contribution in [2.24, 2.45) is 5.92 Å².